The van der Waals surface area contributed by atoms with Gasteiger partial charge in [0.05, 0.1) is 26.9 Å². The number of nitrogens with zero attached hydrogens (tertiary/aromatic N) is 1. The molecule has 3 aromatic carbocycles. The fourth-order valence-electron chi connectivity index (χ4n) is 4.79. The van der Waals surface area contributed by atoms with Gasteiger partial charge >= 0.3 is 11.9 Å². The van der Waals surface area contributed by atoms with Gasteiger partial charge in [0, 0.05) is 36.9 Å². The summed E-state index contributed by atoms with van der Waals surface area (Å²) < 4.78 is 23.8. The Morgan fingerprint density at radius 2 is 1.77 bits per heavy atom. The van der Waals surface area contributed by atoms with E-state index in [1.54, 1.807) is 6.07 Å². The summed E-state index contributed by atoms with van der Waals surface area (Å²) in [5.74, 6) is -4.03. The smallest absolute Gasteiger partial charge is 0.326 e. The van der Waals surface area contributed by atoms with Crippen molar-refractivity contribution in [3.8, 4) is 5.75 Å². The molecular weight excluding hydrogens is 623 g/mol. The Morgan fingerprint density at radius 1 is 1.05 bits per heavy atom. The minimum Gasteiger partial charge on any atom is -0.508 e. The van der Waals surface area contributed by atoms with Crippen LogP contribution in [0.4, 0.5) is 0 Å². The fraction of sp³-hybridized carbons (Fsp3) is 0.241. The first-order valence-corrected chi connectivity index (χ1v) is 15.5. The number of sulfone groups is 1. The van der Waals surface area contributed by atoms with Crippen molar-refractivity contribution < 1.29 is 42.9 Å². The number of rotatable bonds is 9. The van der Waals surface area contributed by atoms with E-state index in [9.17, 15) is 37.8 Å². The van der Waals surface area contributed by atoms with Crippen LogP contribution in [-0.4, -0.2) is 71.2 Å². The number of amides is 2. The Balaban J connectivity index is 1.53. The second-order valence-corrected chi connectivity index (χ2v) is 12.9. The number of nitrogens with one attached hydrogen (secondary N) is 1. The monoisotopic (exact) mass is 648 g/mol. The molecule has 4 N–H and O–H groups in total. The molecule has 0 unspecified atom stereocenters. The molecule has 0 fully saturated rings. The van der Waals surface area contributed by atoms with E-state index in [4.69, 9.17) is 28.3 Å². The van der Waals surface area contributed by atoms with Gasteiger partial charge < -0.3 is 25.5 Å². The number of hydrogen-bond donors (Lipinski definition) is 4. The molecule has 4 rings (SSSR count). The molecule has 0 saturated carbocycles. The Labute approximate surface area is 256 Å². The predicted octanol–water partition coefficient (Wildman–Crippen LogP) is 3.35. The lowest BCUT2D eigenvalue weighted by Gasteiger charge is -2.30. The molecule has 0 saturated heterocycles. The number of carboxylic acid groups (broad SMARTS) is 2. The molecule has 1 heterocycles. The highest BCUT2D eigenvalue weighted by atomic mass is 35.5. The number of carbonyl (C=O) groups excluding carboxylic acids is 2. The number of fused-ring (bicyclic) bond motifs is 1. The molecule has 0 aromatic heterocycles. The van der Waals surface area contributed by atoms with Gasteiger partial charge in [-0.15, -0.1) is 0 Å². The average molecular weight is 650 g/mol. The van der Waals surface area contributed by atoms with Crippen molar-refractivity contribution in [3.05, 3.63) is 92.0 Å². The maximum Gasteiger partial charge on any atom is 0.326 e. The van der Waals surface area contributed by atoms with E-state index in [0.29, 0.717) is 16.7 Å². The van der Waals surface area contributed by atoms with E-state index in [0.717, 1.165) is 6.26 Å². The third-order valence-corrected chi connectivity index (χ3v) is 8.79. The molecule has 0 bridgehead atoms. The van der Waals surface area contributed by atoms with E-state index < -0.39 is 46.1 Å². The standard InChI is InChI=1S/C29H26Cl2N2O9S/c1-43(41,42)19-4-2-3-15(9-19)10-22(29(39)40)32-27(37)25-21(30)11-18-14-33(8-7-20(18)26(25)31)28(38)17-6-5-16(13-24(35)36)23(34)12-17/h2-6,9,11-12,22,34H,7-8,10,13-14H2,1H3,(H,32,37)(H,35,36)(H,39,40)/t22-/m0/s1. The zero-order valence-corrected chi connectivity index (χ0v) is 25.0. The van der Waals surface area contributed by atoms with Crippen molar-refractivity contribution in [1.29, 1.82) is 0 Å². The van der Waals surface area contributed by atoms with Crippen LogP contribution in [0.3, 0.4) is 0 Å². The van der Waals surface area contributed by atoms with Crippen LogP contribution in [0.25, 0.3) is 0 Å². The lowest BCUT2D eigenvalue weighted by molar-refractivity contribution is -0.139. The lowest BCUT2D eigenvalue weighted by atomic mass is 9.95. The largest absolute Gasteiger partial charge is 0.508 e. The highest BCUT2D eigenvalue weighted by Gasteiger charge is 2.30. The van der Waals surface area contributed by atoms with Gasteiger partial charge in [-0.2, -0.15) is 0 Å². The molecule has 1 aliphatic heterocycles. The van der Waals surface area contributed by atoms with Crippen molar-refractivity contribution in [2.75, 3.05) is 12.8 Å². The van der Waals surface area contributed by atoms with Crippen LogP contribution in [0.15, 0.2) is 53.4 Å². The first kappa shape index (κ1) is 31.8. The Morgan fingerprint density at radius 3 is 2.40 bits per heavy atom. The van der Waals surface area contributed by atoms with E-state index in [1.807, 2.05) is 0 Å². The Kier molecular flexibility index (Phi) is 9.33. The summed E-state index contributed by atoms with van der Waals surface area (Å²) in [5, 5.41) is 31.2. The van der Waals surface area contributed by atoms with Crippen molar-refractivity contribution in [2.45, 2.75) is 36.7 Å². The highest BCUT2D eigenvalue weighted by Crippen LogP contribution is 2.35. The van der Waals surface area contributed by atoms with Gasteiger partial charge in [-0.05, 0) is 53.4 Å². The zero-order chi connectivity index (χ0) is 31.6. The van der Waals surface area contributed by atoms with Crippen molar-refractivity contribution in [2.24, 2.45) is 0 Å². The normalized spacial score (nSPS) is 13.6. The number of aromatic hydroxyl groups is 1. The van der Waals surface area contributed by atoms with Gasteiger partial charge in [0.25, 0.3) is 11.8 Å². The summed E-state index contributed by atoms with van der Waals surface area (Å²) in [5.41, 5.74) is 1.72. The molecule has 14 heteroatoms. The van der Waals surface area contributed by atoms with Crippen LogP contribution in [0.5, 0.6) is 5.75 Å². The number of carboxylic acids is 2. The van der Waals surface area contributed by atoms with E-state index >= 15 is 0 Å². The van der Waals surface area contributed by atoms with Crippen molar-refractivity contribution in [1.82, 2.24) is 10.2 Å². The summed E-state index contributed by atoms with van der Waals surface area (Å²) in [6.07, 6.45) is 0.688. The number of halogens is 2. The number of hydrogen-bond acceptors (Lipinski definition) is 7. The molecule has 11 nitrogen and oxygen atoms in total. The SMILES string of the molecule is CS(=O)(=O)c1cccc(C[C@H](NC(=O)c2c(Cl)cc3c(c2Cl)CCN(C(=O)c2ccc(CC(=O)O)c(O)c2)C3)C(=O)O)c1. The molecule has 0 spiro atoms. The number of benzene rings is 3. The molecule has 3 aromatic rings. The second kappa shape index (κ2) is 12.6. The van der Waals surface area contributed by atoms with Crippen molar-refractivity contribution in [3.63, 3.8) is 0 Å². The molecule has 43 heavy (non-hydrogen) atoms. The van der Waals surface area contributed by atoms with Crippen LogP contribution in [-0.2, 0) is 45.2 Å². The second-order valence-electron chi connectivity index (χ2n) is 10.1. The summed E-state index contributed by atoms with van der Waals surface area (Å²) in [4.78, 5) is 50.8. The molecule has 1 atom stereocenters. The van der Waals surface area contributed by atoms with Crippen LogP contribution >= 0.6 is 23.2 Å². The maximum absolute atomic E-state index is 13.2. The molecule has 1 aliphatic rings. The summed E-state index contributed by atoms with van der Waals surface area (Å²) in [7, 11) is -3.53. The predicted molar refractivity (Wildman–Crippen MR) is 156 cm³/mol. The van der Waals surface area contributed by atoms with E-state index in [-0.39, 0.29) is 63.3 Å². The minimum atomic E-state index is -3.53. The number of phenolic OH excluding ortho intramolecular Hbond substituents is 1. The van der Waals surface area contributed by atoms with Gasteiger partial charge in [0.1, 0.15) is 11.8 Å². The first-order chi connectivity index (χ1) is 20.1. The lowest BCUT2D eigenvalue weighted by Crippen LogP contribution is -2.42. The molecule has 2 amide bonds. The quantitative estimate of drug-likeness (QED) is 0.271. The molecule has 0 aliphatic carbocycles. The van der Waals surface area contributed by atoms with Gasteiger partial charge in [0.2, 0.25) is 0 Å². The Bertz CT molecular complexity index is 1760. The van der Waals surface area contributed by atoms with Crippen LogP contribution in [0, 0.1) is 0 Å². The van der Waals surface area contributed by atoms with Crippen LogP contribution in [0.2, 0.25) is 10.0 Å². The minimum absolute atomic E-state index is 0.0146. The number of carbonyl (C=O) groups is 4. The van der Waals surface area contributed by atoms with Crippen LogP contribution in [0.1, 0.15) is 43.0 Å². The summed E-state index contributed by atoms with van der Waals surface area (Å²) in [6.45, 7) is 0.294. The molecule has 0 radical (unpaired) electrons. The number of phenols is 1. The zero-order valence-electron chi connectivity index (χ0n) is 22.6. The average Bonchev–Trinajstić information content (AvgIpc) is 2.92. The maximum atomic E-state index is 13.2. The molecule has 226 valence electrons. The Hall–Kier alpha value is -4.13. The van der Waals surface area contributed by atoms with Gasteiger partial charge in [-0.1, -0.05) is 41.4 Å². The summed E-state index contributed by atoms with van der Waals surface area (Å²) in [6, 6.07) is 9.83. The number of aliphatic carboxylic acids is 2. The third-order valence-electron chi connectivity index (χ3n) is 6.96. The van der Waals surface area contributed by atoms with E-state index in [1.165, 1.54) is 47.4 Å². The van der Waals surface area contributed by atoms with Gasteiger partial charge in [0.15, 0.2) is 9.84 Å². The molecular formula is C29H26Cl2N2O9S. The van der Waals surface area contributed by atoms with Crippen molar-refractivity contribution >= 4 is 56.8 Å². The summed E-state index contributed by atoms with van der Waals surface area (Å²) >= 11 is 13.0. The highest BCUT2D eigenvalue weighted by molar-refractivity contribution is 7.90. The van der Waals surface area contributed by atoms with Gasteiger partial charge in [-0.3, -0.25) is 14.4 Å². The van der Waals surface area contributed by atoms with Gasteiger partial charge in [-0.25, -0.2) is 13.2 Å². The van der Waals surface area contributed by atoms with Crippen LogP contribution < -0.4 is 5.32 Å². The first-order valence-electron chi connectivity index (χ1n) is 12.8. The topological polar surface area (TPSA) is 178 Å². The third kappa shape index (κ3) is 7.27. The van der Waals surface area contributed by atoms with E-state index in [2.05, 4.69) is 5.32 Å². The fourth-order valence-corrected chi connectivity index (χ4v) is 6.25.